The fraction of sp³-hybridized carbons (Fsp3) is 0.227. The number of ether oxygens (including phenoxy) is 1. The Bertz CT molecular complexity index is 1060. The summed E-state index contributed by atoms with van der Waals surface area (Å²) >= 11 is 1.55. The third-order valence-corrected chi connectivity index (χ3v) is 8.11. The molecule has 5 nitrogen and oxygen atoms in total. The number of thiophene rings is 1. The zero-order chi connectivity index (χ0) is 21.1. The van der Waals surface area contributed by atoms with Gasteiger partial charge in [0.15, 0.2) is 0 Å². The Labute approximate surface area is 179 Å². The molecule has 156 valence electrons. The number of halogens is 1. The SMILES string of the molecule is O=C(NO)C1(S(=O)c2ccc(-c3cscc3-c3ccc(F)cc3)cc2)CCOCC1. The van der Waals surface area contributed by atoms with Crippen molar-refractivity contribution in [3.63, 3.8) is 0 Å². The average Bonchev–Trinajstić information content (AvgIpc) is 3.29. The minimum atomic E-state index is -1.65. The van der Waals surface area contributed by atoms with E-state index in [1.54, 1.807) is 41.1 Å². The molecule has 0 spiro atoms. The summed E-state index contributed by atoms with van der Waals surface area (Å²) in [5.41, 5.74) is 5.52. The lowest BCUT2D eigenvalue weighted by Gasteiger charge is -2.33. The van der Waals surface area contributed by atoms with Crippen LogP contribution in [0.3, 0.4) is 0 Å². The second-order valence-corrected chi connectivity index (χ2v) is 9.58. The number of rotatable bonds is 5. The maximum atomic E-state index is 13.3. The van der Waals surface area contributed by atoms with E-state index in [1.807, 2.05) is 22.9 Å². The van der Waals surface area contributed by atoms with E-state index in [0.717, 1.165) is 22.3 Å². The number of hydroxylamine groups is 1. The Morgan fingerprint density at radius 3 is 2.07 bits per heavy atom. The number of amides is 1. The number of benzene rings is 2. The third kappa shape index (κ3) is 3.83. The standard InChI is InChI=1S/C22H20FNO4S2/c23-17-5-1-15(2-6-17)19-13-29-14-20(19)16-3-7-18(8-4-16)30(27)22(21(25)24-26)9-11-28-12-10-22/h1-8,13-14,26H,9-12H2,(H,24,25). The molecule has 2 N–H and O–H groups in total. The number of carbonyl (C=O) groups is 1. The van der Waals surface area contributed by atoms with Crippen molar-refractivity contribution >= 4 is 28.0 Å². The van der Waals surface area contributed by atoms with Gasteiger partial charge in [0.2, 0.25) is 0 Å². The van der Waals surface area contributed by atoms with E-state index in [2.05, 4.69) is 0 Å². The van der Waals surface area contributed by atoms with E-state index in [4.69, 9.17) is 4.74 Å². The van der Waals surface area contributed by atoms with Gasteiger partial charge in [-0.1, -0.05) is 24.3 Å². The molecule has 3 aromatic rings. The molecule has 1 aromatic heterocycles. The highest BCUT2D eigenvalue weighted by atomic mass is 32.2. The lowest BCUT2D eigenvalue weighted by molar-refractivity contribution is -0.134. The van der Waals surface area contributed by atoms with Crippen LogP contribution in [-0.4, -0.2) is 33.3 Å². The van der Waals surface area contributed by atoms with Crippen LogP contribution in [0.2, 0.25) is 0 Å². The molecule has 2 aromatic carbocycles. The van der Waals surface area contributed by atoms with Gasteiger partial charge in [-0.2, -0.15) is 11.3 Å². The Hall–Kier alpha value is -2.39. The van der Waals surface area contributed by atoms with Crippen LogP contribution in [0.25, 0.3) is 22.3 Å². The van der Waals surface area contributed by atoms with Crippen LogP contribution in [0.4, 0.5) is 4.39 Å². The molecule has 1 aliphatic heterocycles. The van der Waals surface area contributed by atoms with E-state index in [1.165, 1.54) is 12.1 Å². The van der Waals surface area contributed by atoms with E-state index in [-0.39, 0.29) is 18.7 Å². The second-order valence-electron chi connectivity index (χ2n) is 7.05. The number of nitrogens with one attached hydrogen (secondary N) is 1. The van der Waals surface area contributed by atoms with E-state index in [0.29, 0.717) is 18.1 Å². The first-order valence-corrected chi connectivity index (χ1v) is 11.5. The van der Waals surface area contributed by atoms with Crippen molar-refractivity contribution in [2.24, 2.45) is 0 Å². The first-order chi connectivity index (χ1) is 14.5. The van der Waals surface area contributed by atoms with Crippen molar-refractivity contribution in [2.45, 2.75) is 22.5 Å². The van der Waals surface area contributed by atoms with Crippen molar-refractivity contribution < 1.29 is 23.3 Å². The monoisotopic (exact) mass is 445 g/mol. The van der Waals surface area contributed by atoms with Crippen LogP contribution in [0.15, 0.2) is 64.2 Å². The van der Waals surface area contributed by atoms with Gasteiger partial charge in [-0.25, -0.2) is 9.87 Å². The van der Waals surface area contributed by atoms with Crippen LogP contribution in [0, 0.1) is 5.82 Å². The third-order valence-electron chi connectivity index (χ3n) is 5.37. The van der Waals surface area contributed by atoms with Gasteiger partial charge in [-0.05, 0) is 59.0 Å². The van der Waals surface area contributed by atoms with Crippen LogP contribution in [0.1, 0.15) is 12.8 Å². The second kappa shape index (κ2) is 8.77. The molecule has 2 heterocycles. The summed E-state index contributed by atoms with van der Waals surface area (Å²) in [7, 11) is -1.65. The summed E-state index contributed by atoms with van der Waals surface area (Å²) in [4.78, 5) is 12.9. The fourth-order valence-electron chi connectivity index (χ4n) is 3.66. The summed E-state index contributed by atoms with van der Waals surface area (Å²) in [6.07, 6.45) is 0.542. The summed E-state index contributed by atoms with van der Waals surface area (Å²) in [6.45, 7) is 0.625. The predicted octanol–water partition coefficient (Wildman–Crippen LogP) is 4.38. The van der Waals surface area contributed by atoms with Crippen molar-refractivity contribution in [1.29, 1.82) is 0 Å². The highest BCUT2D eigenvalue weighted by Gasteiger charge is 2.46. The molecule has 4 rings (SSSR count). The smallest absolute Gasteiger partial charge is 0.262 e. The first-order valence-electron chi connectivity index (χ1n) is 9.42. The van der Waals surface area contributed by atoms with Crippen LogP contribution in [-0.2, 0) is 20.3 Å². The molecule has 30 heavy (non-hydrogen) atoms. The Morgan fingerprint density at radius 2 is 1.53 bits per heavy atom. The molecule has 1 unspecified atom stereocenters. The normalized spacial score (nSPS) is 16.7. The van der Waals surface area contributed by atoms with Gasteiger partial charge in [0.25, 0.3) is 5.91 Å². The van der Waals surface area contributed by atoms with Gasteiger partial charge in [0, 0.05) is 29.2 Å². The average molecular weight is 446 g/mol. The molecule has 1 fully saturated rings. The minimum absolute atomic E-state index is 0.271. The summed E-state index contributed by atoms with van der Waals surface area (Å²) in [6, 6.07) is 13.6. The van der Waals surface area contributed by atoms with E-state index < -0.39 is 21.5 Å². The predicted molar refractivity (Wildman–Crippen MR) is 114 cm³/mol. The topological polar surface area (TPSA) is 75.6 Å². The fourth-order valence-corrected chi connectivity index (χ4v) is 6.11. The van der Waals surface area contributed by atoms with Crippen LogP contribution >= 0.6 is 11.3 Å². The van der Waals surface area contributed by atoms with Gasteiger partial charge < -0.3 is 4.74 Å². The van der Waals surface area contributed by atoms with Gasteiger partial charge in [0.1, 0.15) is 10.6 Å². The van der Waals surface area contributed by atoms with Crippen molar-refractivity contribution in [2.75, 3.05) is 13.2 Å². The highest BCUT2D eigenvalue weighted by Crippen LogP contribution is 2.37. The van der Waals surface area contributed by atoms with Gasteiger partial charge in [0.05, 0.1) is 10.8 Å². The van der Waals surface area contributed by atoms with Crippen molar-refractivity contribution in [1.82, 2.24) is 5.48 Å². The molecular formula is C22H20FNO4S2. The number of hydrogen-bond acceptors (Lipinski definition) is 5. The highest BCUT2D eigenvalue weighted by molar-refractivity contribution is 7.87. The number of hydrogen-bond donors (Lipinski definition) is 2. The quantitative estimate of drug-likeness (QED) is 0.451. The molecule has 1 saturated heterocycles. The van der Waals surface area contributed by atoms with E-state index in [9.17, 15) is 18.6 Å². The molecule has 0 bridgehead atoms. The molecule has 8 heteroatoms. The number of carbonyl (C=O) groups excluding carboxylic acids is 1. The molecule has 0 aliphatic carbocycles. The summed E-state index contributed by atoms with van der Waals surface area (Å²) < 4.78 is 30.7. The van der Waals surface area contributed by atoms with Crippen molar-refractivity contribution in [3.05, 3.63) is 65.1 Å². The zero-order valence-electron chi connectivity index (χ0n) is 16.0. The maximum Gasteiger partial charge on any atom is 0.262 e. The molecule has 1 atom stereocenters. The van der Waals surface area contributed by atoms with E-state index >= 15 is 0 Å². The Kier molecular flexibility index (Phi) is 6.10. The van der Waals surface area contributed by atoms with Gasteiger partial charge >= 0.3 is 0 Å². The molecule has 0 saturated carbocycles. The lowest BCUT2D eigenvalue weighted by atomic mass is 9.98. The van der Waals surface area contributed by atoms with Crippen LogP contribution in [0.5, 0.6) is 0 Å². The van der Waals surface area contributed by atoms with Crippen LogP contribution < -0.4 is 5.48 Å². The largest absolute Gasteiger partial charge is 0.381 e. The molecule has 1 amide bonds. The Morgan fingerprint density at radius 1 is 1.00 bits per heavy atom. The first kappa shape index (κ1) is 20.9. The molecular weight excluding hydrogens is 425 g/mol. The molecule has 0 radical (unpaired) electrons. The Balaban J connectivity index is 1.64. The lowest BCUT2D eigenvalue weighted by Crippen LogP contribution is -2.52. The van der Waals surface area contributed by atoms with Gasteiger partial charge in [-0.15, -0.1) is 0 Å². The maximum absolute atomic E-state index is 13.3. The van der Waals surface area contributed by atoms with Gasteiger partial charge in [-0.3, -0.25) is 14.2 Å². The molecule has 1 aliphatic rings. The minimum Gasteiger partial charge on any atom is -0.381 e. The van der Waals surface area contributed by atoms with Crippen molar-refractivity contribution in [3.8, 4) is 22.3 Å². The summed E-state index contributed by atoms with van der Waals surface area (Å²) in [5.74, 6) is -0.930. The zero-order valence-corrected chi connectivity index (χ0v) is 17.6. The summed E-state index contributed by atoms with van der Waals surface area (Å²) in [5, 5.41) is 13.2.